The van der Waals surface area contributed by atoms with Gasteiger partial charge in [0.15, 0.2) is 0 Å². The van der Waals surface area contributed by atoms with Crippen LogP contribution in [0.3, 0.4) is 0 Å². The van der Waals surface area contributed by atoms with E-state index >= 15 is 0 Å². The van der Waals surface area contributed by atoms with E-state index in [1.165, 1.54) is 11.8 Å². The van der Waals surface area contributed by atoms with Crippen LogP contribution >= 0.6 is 0 Å². The molecule has 0 N–H and O–H groups in total. The number of hydrogen-bond donors (Lipinski definition) is 0. The fraction of sp³-hybridized carbons (Fsp3) is 0.280. The van der Waals surface area contributed by atoms with E-state index in [9.17, 15) is 14.4 Å². The molecule has 1 aromatic heterocycles. The van der Waals surface area contributed by atoms with Gasteiger partial charge in [0.25, 0.3) is 11.5 Å². The number of rotatable bonds is 4. The van der Waals surface area contributed by atoms with Crippen molar-refractivity contribution in [3.05, 3.63) is 76.6 Å². The van der Waals surface area contributed by atoms with Gasteiger partial charge in [0.1, 0.15) is 5.56 Å². The highest BCUT2D eigenvalue weighted by atomic mass is 16.5. The fourth-order valence-electron chi connectivity index (χ4n) is 4.16. The maximum absolute atomic E-state index is 13.7. The summed E-state index contributed by atoms with van der Waals surface area (Å²) >= 11 is 0. The molecule has 0 radical (unpaired) electrons. The number of likely N-dealkylation sites (tertiary alicyclic amines) is 1. The largest absolute Gasteiger partial charge is 0.469 e. The van der Waals surface area contributed by atoms with Crippen LogP contribution in [0.5, 0.6) is 0 Å². The molecule has 0 atom stereocenters. The number of piperidine rings is 1. The molecule has 1 aliphatic rings. The summed E-state index contributed by atoms with van der Waals surface area (Å²) in [7, 11) is 2.93. The number of aromatic nitrogens is 2. The molecule has 0 spiro atoms. The summed E-state index contributed by atoms with van der Waals surface area (Å²) < 4.78 is 6.07. The minimum atomic E-state index is -0.441. The maximum Gasteiger partial charge on any atom is 0.308 e. The lowest BCUT2D eigenvalue weighted by atomic mass is 9.93. The van der Waals surface area contributed by atoms with E-state index in [1.807, 2.05) is 60.7 Å². The summed E-state index contributed by atoms with van der Waals surface area (Å²) in [6.07, 6.45) is 1.02. The SMILES string of the molecule is COC(=O)C1CCN(C(=O)c2c(-c3ccccc3)c(-c3ccccc3)nn(C)c2=O)CC1. The van der Waals surface area contributed by atoms with Crippen LogP contribution in [0, 0.1) is 5.92 Å². The highest BCUT2D eigenvalue weighted by Gasteiger charge is 2.32. The Morgan fingerprint density at radius 2 is 1.50 bits per heavy atom. The molecule has 0 saturated carbocycles. The number of esters is 1. The summed E-state index contributed by atoms with van der Waals surface area (Å²) in [5, 5.41) is 4.53. The number of aryl methyl sites for hydroxylation is 1. The number of hydrogen-bond acceptors (Lipinski definition) is 5. The van der Waals surface area contributed by atoms with Gasteiger partial charge in [0.05, 0.1) is 18.7 Å². The number of ether oxygens (including phenoxy) is 1. The Bertz CT molecular complexity index is 1180. The van der Waals surface area contributed by atoms with Crippen LogP contribution in [0.25, 0.3) is 22.4 Å². The minimum absolute atomic E-state index is 0.101. The summed E-state index contributed by atoms with van der Waals surface area (Å²) in [4.78, 5) is 40.4. The Morgan fingerprint density at radius 1 is 0.938 bits per heavy atom. The van der Waals surface area contributed by atoms with Gasteiger partial charge in [-0.25, -0.2) is 4.68 Å². The zero-order valence-corrected chi connectivity index (χ0v) is 18.2. The van der Waals surface area contributed by atoms with Gasteiger partial charge in [-0.1, -0.05) is 60.7 Å². The molecule has 164 valence electrons. The number of methoxy groups -OCH3 is 1. The minimum Gasteiger partial charge on any atom is -0.469 e. The molecule has 7 nitrogen and oxygen atoms in total. The topological polar surface area (TPSA) is 81.5 Å². The molecule has 4 rings (SSSR count). The lowest BCUT2D eigenvalue weighted by Crippen LogP contribution is -2.43. The first-order valence-electron chi connectivity index (χ1n) is 10.6. The van der Waals surface area contributed by atoms with Gasteiger partial charge in [0, 0.05) is 31.3 Å². The fourth-order valence-corrected chi connectivity index (χ4v) is 4.16. The second kappa shape index (κ2) is 9.18. The van der Waals surface area contributed by atoms with E-state index in [4.69, 9.17) is 4.74 Å². The normalized spacial score (nSPS) is 14.2. The molecular formula is C25H25N3O4. The van der Waals surface area contributed by atoms with Gasteiger partial charge in [-0.3, -0.25) is 14.4 Å². The van der Waals surface area contributed by atoms with Crippen LogP contribution in [0.4, 0.5) is 0 Å². The monoisotopic (exact) mass is 431 g/mol. The lowest BCUT2D eigenvalue weighted by molar-refractivity contribution is -0.146. The number of benzene rings is 2. The quantitative estimate of drug-likeness (QED) is 0.593. The molecule has 1 aliphatic heterocycles. The van der Waals surface area contributed by atoms with Crippen molar-refractivity contribution >= 4 is 11.9 Å². The molecule has 2 aromatic carbocycles. The Balaban J connectivity index is 1.83. The average molecular weight is 431 g/mol. The predicted molar refractivity (Wildman–Crippen MR) is 121 cm³/mol. The molecule has 1 fully saturated rings. The molecule has 0 bridgehead atoms. The van der Waals surface area contributed by atoms with Crippen molar-refractivity contribution in [2.24, 2.45) is 13.0 Å². The zero-order chi connectivity index (χ0) is 22.7. The van der Waals surface area contributed by atoms with Crippen molar-refractivity contribution in [1.82, 2.24) is 14.7 Å². The highest BCUT2D eigenvalue weighted by molar-refractivity contribution is 6.03. The van der Waals surface area contributed by atoms with Gasteiger partial charge in [-0.15, -0.1) is 0 Å². The Hall–Kier alpha value is -3.74. The Morgan fingerprint density at radius 3 is 2.06 bits per heavy atom. The lowest BCUT2D eigenvalue weighted by Gasteiger charge is -2.31. The van der Waals surface area contributed by atoms with Crippen LogP contribution in [0.1, 0.15) is 23.2 Å². The third-order valence-corrected chi connectivity index (χ3v) is 5.88. The van der Waals surface area contributed by atoms with E-state index in [0.29, 0.717) is 37.2 Å². The first-order valence-corrected chi connectivity index (χ1v) is 10.6. The Labute approximate surface area is 186 Å². The van der Waals surface area contributed by atoms with Gasteiger partial charge >= 0.3 is 5.97 Å². The average Bonchev–Trinajstić information content (AvgIpc) is 2.85. The van der Waals surface area contributed by atoms with Crippen molar-refractivity contribution in [2.75, 3.05) is 20.2 Å². The number of nitrogens with zero attached hydrogens (tertiary/aromatic N) is 3. The molecule has 32 heavy (non-hydrogen) atoms. The van der Waals surface area contributed by atoms with E-state index in [1.54, 1.807) is 11.9 Å². The third-order valence-electron chi connectivity index (χ3n) is 5.88. The maximum atomic E-state index is 13.7. The van der Waals surface area contributed by atoms with Crippen molar-refractivity contribution in [2.45, 2.75) is 12.8 Å². The number of amides is 1. The Kier molecular flexibility index (Phi) is 6.16. The van der Waals surface area contributed by atoms with E-state index in [2.05, 4.69) is 5.10 Å². The van der Waals surface area contributed by atoms with Crippen LogP contribution in [-0.4, -0.2) is 46.8 Å². The molecule has 0 unspecified atom stereocenters. The molecule has 1 saturated heterocycles. The summed E-state index contributed by atoms with van der Waals surface area (Å²) in [5.41, 5.74) is 2.34. The highest BCUT2D eigenvalue weighted by Crippen LogP contribution is 2.33. The summed E-state index contributed by atoms with van der Waals surface area (Å²) in [6.45, 7) is 0.776. The number of carbonyl (C=O) groups excluding carboxylic acids is 2. The van der Waals surface area contributed by atoms with Crippen molar-refractivity contribution in [3.63, 3.8) is 0 Å². The van der Waals surface area contributed by atoms with Crippen LogP contribution in [-0.2, 0) is 16.6 Å². The molecular weight excluding hydrogens is 406 g/mol. The molecule has 7 heteroatoms. The number of carbonyl (C=O) groups is 2. The van der Waals surface area contributed by atoms with Gasteiger partial charge < -0.3 is 9.64 Å². The second-order valence-corrected chi connectivity index (χ2v) is 7.85. The first-order chi connectivity index (χ1) is 15.5. The molecule has 0 aliphatic carbocycles. The van der Waals surface area contributed by atoms with Crippen molar-refractivity contribution in [3.8, 4) is 22.4 Å². The first kappa shape index (κ1) is 21.5. The molecule has 2 heterocycles. The van der Waals surface area contributed by atoms with Crippen molar-refractivity contribution in [1.29, 1.82) is 0 Å². The van der Waals surface area contributed by atoms with E-state index in [0.717, 1.165) is 11.1 Å². The smallest absolute Gasteiger partial charge is 0.308 e. The van der Waals surface area contributed by atoms with Gasteiger partial charge in [-0.2, -0.15) is 5.10 Å². The molecule has 3 aromatic rings. The summed E-state index contributed by atoms with van der Waals surface area (Å²) in [6, 6.07) is 18.9. The van der Waals surface area contributed by atoms with Crippen LogP contribution in [0.15, 0.2) is 65.5 Å². The van der Waals surface area contributed by atoms with Gasteiger partial charge in [0.2, 0.25) is 0 Å². The zero-order valence-electron chi connectivity index (χ0n) is 18.2. The van der Waals surface area contributed by atoms with Crippen LogP contribution in [0.2, 0.25) is 0 Å². The van der Waals surface area contributed by atoms with Crippen molar-refractivity contribution < 1.29 is 14.3 Å². The third kappa shape index (κ3) is 4.06. The second-order valence-electron chi connectivity index (χ2n) is 7.85. The van der Waals surface area contributed by atoms with Gasteiger partial charge in [-0.05, 0) is 18.4 Å². The summed E-state index contributed by atoms with van der Waals surface area (Å²) in [5.74, 6) is -0.821. The van der Waals surface area contributed by atoms with Crippen LogP contribution < -0.4 is 5.56 Å². The van der Waals surface area contributed by atoms with E-state index in [-0.39, 0.29) is 23.4 Å². The predicted octanol–water partition coefficient (Wildman–Crippen LogP) is 3.14. The standard InChI is InChI=1S/C25H25N3O4/c1-27-23(29)21(24(30)28-15-13-19(14-16-28)25(31)32-2)20(17-9-5-3-6-10-17)22(26-27)18-11-7-4-8-12-18/h3-12,19H,13-16H2,1-2H3. The molecule has 1 amide bonds. The van der Waals surface area contributed by atoms with E-state index < -0.39 is 5.56 Å².